The van der Waals surface area contributed by atoms with Crippen LogP contribution in [0.2, 0.25) is 0 Å². The molecule has 2 aromatic heterocycles. The van der Waals surface area contributed by atoms with Crippen molar-refractivity contribution in [3.8, 4) is 5.75 Å². The van der Waals surface area contributed by atoms with Gasteiger partial charge in [0.2, 0.25) is 0 Å². The molecule has 0 aliphatic carbocycles. The summed E-state index contributed by atoms with van der Waals surface area (Å²) < 4.78 is 0.962. The van der Waals surface area contributed by atoms with Crippen molar-refractivity contribution >= 4 is 26.7 Å². The molecule has 20 heavy (non-hydrogen) atoms. The fourth-order valence-corrected chi connectivity index (χ4v) is 3.29. The molecule has 3 aromatic rings. The summed E-state index contributed by atoms with van der Waals surface area (Å²) in [6.07, 6.45) is 4.27. The monoisotopic (exact) mass is 285 g/mol. The number of fused-ring (bicyclic) bond motifs is 1. The van der Waals surface area contributed by atoms with Crippen molar-refractivity contribution in [1.82, 2.24) is 9.97 Å². The summed E-state index contributed by atoms with van der Waals surface area (Å²) >= 11 is 1.42. The van der Waals surface area contributed by atoms with Crippen LogP contribution in [0.1, 0.15) is 22.3 Å². The molecule has 1 aromatic carbocycles. The number of nitrogens with zero attached hydrogens (tertiary/aromatic N) is 2. The highest BCUT2D eigenvalue weighted by Gasteiger charge is 2.17. The van der Waals surface area contributed by atoms with E-state index in [1.54, 1.807) is 6.20 Å². The van der Waals surface area contributed by atoms with Crippen LogP contribution in [0.25, 0.3) is 10.2 Å². The Morgan fingerprint density at radius 1 is 1.30 bits per heavy atom. The van der Waals surface area contributed by atoms with Gasteiger partial charge in [0.25, 0.3) is 0 Å². The second-order valence-electron chi connectivity index (χ2n) is 4.85. The SMILES string of the molecule is Cc1c(O)c(C)c2sc(N)nc2c1Cc1cccnc1. The zero-order valence-corrected chi connectivity index (χ0v) is 12.2. The van der Waals surface area contributed by atoms with Crippen LogP contribution in [0, 0.1) is 13.8 Å². The van der Waals surface area contributed by atoms with Gasteiger partial charge >= 0.3 is 0 Å². The third-order valence-electron chi connectivity index (χ3n) is 3.54. The summed E-state index contributed by atoms with van der Waals surface area (Å²) in [5, 5.41) is 10.8. The number of anilines is 1. The highest BCUT2D eigenvalue weighted by Crippen LogP contribution is 2.38. The fourth-order valence-electron chi connectivity index (χ4n) is 2.43. The molecule has 0 atom stereocenters. The molecule has 0 spiro atoms. The average molecular weight is 285 g/mol. The Bertz CT molecular complexity index is 781. The van der Waals surface area contributed by atoms with Crippen LogP contribution in [0.15, 0.2) is 24.5 Å². The zero-order valence-electron chi connectivity index (χ0n) is 11.3. The van der Waals surface area contributed by atoms with E-state index in [4.69, 9.17) is 5.73 Å². The minimum absolute atomic E-state index is 0.333. The second-order valence-corrected chi connectivity index (χ2v) is 5.88. The molecule has 102 valence electrons. The number of aromatic nitrogens is 2. The molecule has 5 heteroatoms. The fraction of sp³-hybridized carbons (Fsp3) is 0.200. The second kappa shape index (κ2) is 4.76. The number of aryl methyl sites for hydroxylation is 1. The quantitative estimate of drug-likeness (QED) is 0.758. The van der Waals surface area contributed by atoms with Gasteiger partial charge in [-0.25, -0.2) is 4.98 Å². The Hall–Kier alpha value is -2.14. The van der Waals surface area contributed by atoms with Crippen LogP contribution in [-0.2, 0) is 6.42 Å². The van der Waals surface area contributed by atoms with E-state index in [0.717, 1.165) is 32.5 Å². The Kier molecular flexibility index (Phi) is 3.06. The van der Waals surface area contributed by atoms with Crippen LogP contribution in [0.4, 0.5) is 5.13 Å². The van der Waals surface area contributed by atoms with Gasteiger partial charge in [0.1, 0.15) is 5.75 Å². The largest absolute Gasteiger partial charge is 0.507 e. The maximum absolute atomic E-state index is 10.3. The molecule has 4 nitrogen and oxygen atoms in total. The average Bonchev–Trinajstić information content (AvgIpc) is 2.84. The van der Waals surface area contributed by atoms with Gasteiger partial charge < -0.3 is 10.8 Å². The lowest BCUT2D eigenvalue weighted by atomic mass is 9.97. The van der Waals surface area contributed by atoms with Crippen LogP contribution >= 0.6 is 11.3 Å². The predicted molar refractivity (Wildman–Crippen MR) is 82.2 cm³/mol. The highest BCUT2D eigenvalue weighted by atomic mass is 32.1. The number of rotatable bonds is 2. The standard InChI is InChI=1S/C15H15N3OS/c1-8-11(6-10-4-3-5-17-7-10)12-14(9(2)13(8)19)20-15(16)18-12/h3-5,7,19H,6H2,1-2H3,(H2,16,18). The lowest BCUT2D eigenvalue weighted by molar-refractivity contribution is 0.467. The topological polar surface area (TPSA) is 72.0 Å². The van der Waals surface area contributed by atoms with Gasteiger partial charge in [-0.2, -0.15) is 0 Å². The van der Waals surface area contributed by atoms with E-state index in [0.29, 0.717) is 17.3 Å². The van der Waals surface area contributed by atoms with E-state index in [9.17, 15) is 5.11 Å². The van der Waals surface area contributed by atoms with Crippen molar-refractivity contribution in [2.75, 3.05) is 5.73 Å². The summed E-state index contributed by atoms with van der Waals surface area (Å²) in [6, 6.07) is 3.93. The van der Waals surface area contributed by atoms with Crippen molar-refractivity contribution in [2.45, 2.75) is 20.3 Å². The van der Waals surface area contributed by atoms with Crippen molar-refractivity contribution in [1.29, 1.82) is 0 Å². The van der Waals surface area contributed by atoms with Gasteiger partial charge in [-0.05, 0) is 36.6 Å². The zero-order chi connectivity index (χ0) is 14.3. The van der Waals surface area contributed by atoms with E-state index in [1.165, 1.54) is 11.3 Å². The third kappa shape index (κ3) is 2.00. The van der Waals surface area contributed by atoms with E-state index >= 15 is 0 Å². The molecule has 0 aliphatic rings. The predicted octanol–water partition coefficient (Wildman–Crippen LogP) is 3.19. The van der Waals surface area contributed by atoms with Gasteiger partial charge in [-0.3, -0.25) is 4.98 Å². The Labute approximate surface area is 120 Å². The molecular formula is C15H15N3OS. The van der Waals surface area contributed by atoms with Crippen molar-refractivity contribution in [3.05, 3.63) is 46.8 Å². The maximum atomic E-state index is 10.3. The molecule has 0 saturated heterocycles. The minimum Gasteiger partial charge on any atom is -0.507 e. The minimum atomic E-state index is 0.333. The summed E-state index contributed by atoms with van der Waals surface area (Å²) in [5.41, 5.74) is 10.5. The number of nitrogens with two attached hydrogens (primary N) is 1. The van der Waals surface area contributed by atoms with E-state index in [1.807, 2.05) is 32.2 Å². The van der Waals surface area contributed by atoms with Gasteiger partial charge in [0.15, 0.2) is 5.13 Å². The van der Waals surface area contributed by atoms with Crippen LogP contribution in [0.5, 0.6) is 5.75 Å². The summed E-state index contributed by atoms with van der Waals surface area (Å²) in [5.74, 6) is 0.333. The van der Waals surface area contributed by atoms with Crippen molar-refractivity contribution in [2.24, 2.45) is 0 Å². The van der Waals surface area contributed by atoms with Gasteiger partial charge in [0.05, 0.1) is 10.2 Å². The molecule has 0 unspecified atom stereocenters. The first-order valence-corrected chi connectivity index (χ1v) is 7.15. The smallest absolute Gasteiger partial charge is 0.181 e. The first kappa shape index (κ1) is 12.9. The number of hydrogen-bond donors (Lipinski definition) is 2. The van der Waals surface area contributed by atoms with Gasteiger partial charge in [0, 0.05) is 24.4 Å². The molecule has 0 bridgehead atoms. The molecule has 0 amide bonds. The first-order chi connectivity index (χ1) is 9.58. The normalized spacial score (nSPS) is 11.1. The molecular weight excluding hydrogens is 270 g/mol. The van der Waals surface area contributed by atoms with E-state index < -0.39 is 0 Å². The van der Waals surface area contributed by atoms with E-state index in [2.05, 4.69) is 9.97 Å². The number of nitrogen functional groups attached to an aromatic ring is 1. The summed E-state index contributed by atoms with van der Waals surface area (Å²) in [4.78, 5) is 8.57. The number of hydrogen-bond acceptors (Lipinski definition) is 5. The summed E-state index contributed by atoms with van der Waals surface area (Å²) in [6.45, 7) is 3.82. The van der Waals surface area contributed by atoms with Crippen LogP contribution in [0.3, 0.4) is 0 Å². The van der Waals surface area contributed by atoms with E-state index in [-0.39, 0.29) is 0 Å². The molecule has 0 fully saturated rings. The highest BCUT2D eigenvalue weighted by molar-refractivity contribution is 7.22. The van der Waals surface area contributed by atoms with Crippen molar-refractivity contribution in [3.63, 3.8) is 0 Å². The van der Waals surface area contributed by atoms with Gasteiger partial charge in [-0.1, -0.05) is 17.4 Å². The third-order valence-corrected chi connectivity index (χ3v) is 4.54. The number of phenols is 1. The lowest BCUT2D eigenvalue weighted by Crippen LogP contribution is -1.96. The molecule has 3 rings (SSSR count). The van der Waals surface area contributed by atoms with Crippen molar-refractivity contribution < 1.29 is 5.11 Å². The Morgan fingerprint density at radius 3 is 2.80 bits per heavy atom. The Balaban J connectivity index is 2.24. The molecule has 0 radical (unpaired) electrons. The molecule has 0 aliphatic heterocycles. The molecule has 0 saturated carbocycles. The Morgan fingerprint density at radius 2 is 2.10 bits per heavy atom. The first-order valence-electron chi connectivity index (χ1n) is 6.34. The van der Waals surface area contributed by atoms with Gasteiger partial charge in [-0.15, -0.1) is 0 Å². The summed E-state index contributed by atoms with van der Waals surface area (Å²) in [7, 11) is 0. The molecule has 3 N–H and O–H groups in total. The molecule has 2 heterocycles. The number of thiazole rings is 1. The number of pyridine rings is 1. The maximum Gasteiger partial charge on any atom is 0.181 e. The van der Waals surface area contributed by atoms with Crippen LogP contribution in [-0.4, -0.2) is 15.1 Å². The number of benzene rings is 1. The number of phenolic OH excluding ortho intramolecular Hbond substituents is 1. The number of aromatic hydroxyl groups is 1. The lowest BCUT2D eigenvalue weighted by Gasteiger charge is -2.11. The van der Waals surface area contributed by atoms with Crippen LogP contribution < -0.4 is 5.73 Å².